The molecule has 0 bridgehead atoms. The number of hydrogen-bond donors (Lipinski definition) is 1. The molecule has 4 nitrogen and oxygen atoms in total. The van der Waals surface area contributed by atoms with Gasteiger partial charge in [0.2, 0.25) is 11.8 Å². The molecule has 2 aliphatic heterocycles. The molecule has 2 atom stereocenters. The Balaban J connectivity index is 1.87. The average Bonchev–Trinajstić information content (AvgIpc) is 2.75. The lowest BCUT2D eigenvalue weighted by Gasteiger charge is -2.25. The first-order valence-corrected chi connectivity index (χ1v) is 9.66. The first kappa shape index (κ1) is 16.2. The minimum Gasteiger partial charge on any atom is -0.304 e. The van der Waals surface area contributed by atoms with Crippen LogP contribution in [0.4, 0.5) is 0 Å². The second-order valence-corrected chi connectivity index (χ2v) is 7.86. The maximum atomic E-state index is 12.4. The van der Waals surface area contributed by atoms with Crippen molar-refractivity contribution in [1.29, 1.82) is 0 Å². The number of carbonyl (C=O) groups is 2. The summed E-state index contributed by atoms with van der Waals surface area (Å²) in [6, 6.07) is -0.225. The standard InChI is InChI=1S/C14H24N2O2S2/c1-3-10(4-2)16-13(17)7-12(14(16)18)15-8-11-9-19-5-6-20-11/h10-12,15H,3-9H2,1-2H3. The van der Waals surface area contributed by atoms with Crippen LogP contribution in [0.25, 0.3) is 0 Å². The van der Waals surface area contributed by atoms with Gasteiger partial charge in [0.25, 0.3) is 0 Å². The number of amides is 2. The molecule has 1 N–H and O–H groups in total. The summed E-state index contributed by atoms with van der Waals surface area (Å²) in [4.78, 5) is 25.9. The molecule has 0 aromatic rings. The fourth-order valence-corrected chi connectivity index (χ4v) is 5.40. The largest absolute Gasteiger partial charge is 0.304 e. The van der Waals surface area contributed by atoms with Crippen LogP contribution in [0.1, 0.15) is 33.1 Å². The van der Waals surface area contributed by atoms with Gasteiger partial charge in [-0.25, -0.2) is 0 Å². The lowest BCUT2D eigenvalue weighted by Crippen LogP contribution is -2.45. The van der Waals surface area contributed by atoms with E-state index in [1.54, 1.807) is 0 Å². The van der Waals surface area contributed by atoms with E-state index in [0.29, 0.717) is 11.7 Å². The van der Waals surface area contributed by atoms with Gasteiger partial charge in [0.05, 0.1) is 12.5 Å². The average molecular weight is 316 g/mol. The fraction of sp³-hybridized carbons (Fsp3) is 0.857. The normalized spacial score (nSPS) is 27.6. The molecule has 0 saturated carbocycles. The maximum absolute atomic E-state index is 12.4. The van der Waals surface area contributed by atoms with Gasteiger partial charge in [-0.2, -0.15) is 23.5 Å². The molecule has 2 saturated heterocycles. The smallest absolute Gasteiger partial charge is 0.247 e. The number of imide groups is 1. The Morgan fingerprint density at radius 1 is 1.30 bits per heavy atom. The zero-order valence-electron chi connectivity index (χ0n) is 12.3. The van der Waals surface area contributed by atoms with Crippen LogP contribution in [-0.2, 0) is 9.59 Å². The molecule has 2 aliphatic rings. The molecule has 20 heavy (non-hydrogen) atoms. The van der Waals surface area contributed by atoms with Crippen molar-refractivity contribution in [3.05, 3.63) is 0 Å². The lowest BCUT2D eigenvalue weighted by molar-refractivity contribution is -0.141. The Labute approximate surface area is 129 Å². The van der Waals surface area contributed by atoms with Crippen molar-refractivity contribution in [2.45, 2.75) is 50.4 Å². The molecule has 2 amide bonds. The summed E-state index contributed by atoms with van der Waals surface area (Å²) < 4.78 is 0. The molecule has 2 rings (SSSR count). The van der Waals surface area contributed by atoms with E-state index in [4.69, 9.17) is 0 Å². The monoisotopic (exact) mass is 316 g/mol. The SMILES string of the molecule is CCC(CC)N1C(=O)CC(NCC2CSCCS2)C1=O. The molecule has 6 heteroatoms. The fourth-order valence-electron chi connectivity index (χ4n) is 2.78. The molecule has 0 aliphatic carbocycles. The molecular weight excluding hydrogens is 292 g/mol. The predicted octanol–water partition coefficient (Wildman–Crippen LogP) is 1.74. The van der Waals surface area contributed by atoms with Gasteiger partial charge in [-0.1, -0.05) is 13.8 Å². The highest BCUT2D eigenvalue weighted by Crippen LogP contribution is 2.24. The lowest BCUT2D eigenvalue weighted by atomic mass is 10.1. The second kappa shape index (κ2) is 7.71. The van der Waals surface area contributed by atoms with Crippen molar-refractivity contribution < 1.29 is 9.59 Å². The number of likely N-dealkylation sites (tertiary alicyclic amines) is 1. The van der Waals surface area contributed by atoms with Crippen LogP contribution >= 0.6 is 23.5 Å². The summed E-state index contributed by atoms with van der Waals surface area (Å²) in [6.45, 7) is 4.90. The van der Waals surface area contributed by atoms with Crippen molar-refractivity contribution in [1.82, 2.24) is 10.2 Å². The van der Waals surface area contributed by atoms with Gasteiger partial charge in [-0.15, -0.1) is 0 Å². The number of thioether (sulfide) groups is 2. The topological polar surface area (TPSA) is 49.4 Å². The summed E-state index contributed by atoms with van der Waals surface area (Å²) in [5.74, 6) is 3.53. The quantitative estimate of drug-likeness (QED) is 0.757. The van der Waals surface area contributed by atoms with Crippen molar-refractivity contribution in [3.8, 4) is 0 Å². The van der Waals surface area contributed by atoms with Crippen molar-refractivity contribution in [2.75, 3.05) is 23.8 Å². The van der Waals surface area contributed by atoms with E-state index in [2.05, 4.69) is 5.32 Å². The van der Waals surface area contributed by atoms with Crippen molar-refractivity contribution >= 4 is 35.3 Å². The number of nitrogens with zero attached hydrogens (tertiary/aromatic N) is 1. The number of rotatable bonds is 6. The van der Waals surface area contributed by atoms with Gasteiger partial charge >= 0.3 is 0 Å². The van der Waals surface area contributed by atoms with Gasteiger partial charge in [-0.3, -0.25) is 14.5 Å². The molecule has 2 fully saturated rings. The number of nitrogens with one attached hydrogen (secondary N) is 1. The highest BCUT2D eigenvalue weighted by atomic mass is 32.2. The van der Waals surface area contributed by atoms with E-state index in [1.807, 2.05) is 37.4 Å². The number of hydrogen-bond acceptors (Lipinski definition) is 5. The minimum atomic E-state index is -0.296. The van der Waals surface area contributed by atoms with E-state index >= 15 is 0 Å². The van der Waals surface area contributed by atoms with Crippen molar-refractivity contribution in [2.24, 2.45) is 0 Å². The van der Waals surface area contributed by atoms with Crippen LogP contribution in [0, 0.1) is 0 Å². The van der Waals surface area contributed by atoms with Crippen LogP contribution in [0.2, 0.25) is 0 Å². The van der Waals surface area contributed by atoms with Gasteiger partial charge in [-0.05, 0) is 12.8 Å². The Bertz CT molecular complexity index is 355. The second-order valence-electron chi connectivity index (χ2n) is 5.30. The van der Waals surface area contributed by atoms with Crippen LogP contribution in [0.5, 0.6) is 0 Å². The molecule has 0 radical (unpaired) electrons. The summed E-state index contributed by atoms with van der Waals surface area (Å²) in [5.41, 5.74) is 0. The van der Waals surface area contributed by atoms with Crippen LogP contribution < -0.4 is 5.32 Å². The molecular formula is C14H24N2O2S2. The Hall–Kier alpha value is -0.200. The number of carbonyl (C=O) groups excluding carboxylic acids is 2. The summed E-state index contributed by atoms with van der Waals surface area (Å²) in [7, 11) is 0. The predicted molar refractivity (Wildman–Crippen MR) is 86.2 cm³/mol. The van der Waals surface area contributed by atoms with Crippen LogP contribution in [0.15, 0.2) is 0 Å². The van der Waals surface area contributed by atoms with Gasteiger partial charge in [0.1, 0.15) is 0 Å². The van der Waals surface area contributed by atoms with Gasteiger partial charge in [0, 0.05) is 35.1 Å². The van der Waals surface area contributed by atoms with Crippen LogP contribution in [0.3, 0.4) is 0 Å². The maximum Gasteiger partial charge on any atom is 0.247 e. The van der Waals surface area contributed by atoms with Crippen molar-refractivity contribution in [3.63, 3.8) is 0 Å². The Morgan fingerprint density at radius 2 is 2.05 bits per heavy atom. The molecule has 0 aromatic carbocycles. The highest BCUT2D eigenvalue weighted by molar-refractivity contribution is 8.06. The van der Waals surface area contributed by atoms with Gasteiger partial charge in [0.15, 0.2) is 0 Å². The molecule has 114 valence electrons. The Morgan fingerprint density at radius 3 is 2.65 bits per heavy atom. The van der Waals surface area contributed by atoms with E-state index in [-0.39, 0.29) is 23.9 Å². The third-order valence-electron chi connectivity index (χ3n) is 3.97. The van der Waals surface area contributed by atoms with Gasteiger partial charge < -0.3 is 5.32 Å². The minimum absolute atomic E-state index is 0.00753. The molecule has 0 aromatic heterocycles. The zero-order chi connectivity index (χ0) is 14.5. The van der Waals surface area contributed by atoms with E-state index in [1.165, 1.54) is 16.4 Å². The molecule has 0 spiro atoms. The van der Waals surface area contributed by atoms with E-state index < -0.39 is 0 Å². The first-order chi connectivity index (χ1) is 9.67. The molecule has 2 unspecified atom stereocenters. The van der Waals surface area contributed by atoms with E-state index in [9.17, 15) is 9.59 Å². The summed E-state index contributed by atoms with van der Waals surface area (Å²) >= 11 is 3.95. The Kier molecular flexibility index (Phi) is 6.23. The third-order valence-corrected chi connectivity index (χ3v) is 6.81. The first-order valence-electron chi connectivity index (χ1n) is 7.46. The zero-order valence-corrected chi connectivity index (χ0v) is 13.9. The summed E-state index contributed by atoms with van der Waals surface area (Å²) in [5, 5.41) is 3.89. The van der Waals surface area contributed by atoms with E-state index in [0.717, 1.165) is 25.1 Å². The van der Waals surface area contributed by atoms with Crippen LogP contribution in [-0.4, -0.2) is 57.9 Å². The highest BCUT2D eigenvalue weighted by Gasteiger charge is 2.41. The summed E-state index contributed by atoms with van der Waals surface area (Å²) in [6.07, 6.45) is 2.02. The third kappa shape index (κ3) is 3.71. The molecule has 2 heterocycles.